The average molecular weight is 390 g/mol. The molecule has 1 heterocycles. The molecular weight excluding hydrogens is 368 g/mol. The van der Waals surface area contributed by atoms with Gasteiger partial charge in [0.25, 0.3) is 5.91 Å². The summed E-state index contributed by atoms with van der Waals surface area (Å²) in [6.45, 7) is 4.20. The van der Waals surface area contributed by atoms with E-state index in [1.54, 1.807) is 30.3 Å². The summed E-state index contributed by atoms with van der Waals surface area (Å²) in [5.74, 6) is -0.839. The van der Waals surface area contributed by atoms with Crippen molar-refractivity contribution >= 4 is 35.3 Å². The van der Waals surface area contributed by atoms with Gasteiger partial charge < -0.3 is 10.0 Å². The Balaban J connectivity index is 1.92. The summed E-state index contributed by atoms with van der Waals surface area (Å²) in [6.07, 6.45) is 4.03. The van der Waals surface area contributed by atoms with Gasteiger partial charge in [-0.1, -0.05) is 31.2 Å². The normalized spacial score (nSPS) is 14.4. The number of carbonyl (C=O) groups is 3. The van der Waals surface area contributed by atoms with E-state index in [0.29, 0.717) is 29.9 Å². The zero-order chi connectivity index (χ0) is 21.0. The minimum Gasteiger partial charge on any atom is -0.478 e. The van der Waals surface area contributed by atoms with Gasteiger partial charge in [-0.15, -0.1) is 0 Å². The number of ketones is 1. The lowest BCUT2D eigenvalue weighted by Crippen LogP contribution is -2.28. The summed E-state index contributed by atoms with van der Waals surface area (Å²) in [7, 11) is 0. The fourth-order valence-electron chi connectivity index (χ4n) is 3.28. The highest BCUT2D eigenvalue weighted by atomic mass is 16.4. The number of Topliss-reactive ketones (excluding diaryl/α,β-unsaturated/α-hetero) is 1. The smallest absolute Gasteiger partial charge is 0.328 e. The average Bonchev–Trinajstić information content (AvgIpc) is 3.03. The van der Waals surface area contributed by atoms with Crippen LogP contribution in [0.25, 0.3) is 6.08 Å². The van der Waals surface area contributed by atoms with Gasteiger partial charge in [-0.25, -0.2) is 4.79 Å². The standard InChI is InChI=1S/C23H22N2O4/c1-3-11-25-20-12-16(8-10-22(27)28)7-9-18(20)14-21(25)24-23(29)19-6-4-5-17(13-19)15(2)26/h4-10,12-13H,3,11,14H2,1-2H3,(H,27,28)/b10-8+,24-21?. The Morgan fingerprint density at radius 2 is 1.90 bits per heavy atom. The third kappa shape index (κ3) is 4.66. The molecule has 0 fully saturated rings. The fraction of sp³-hybridized carbons (Fsp3) is 0.217. The van der Waals surface area contributed by atoms with Crippen molar-refractivity contribution in [2.24, 2.45) is 4.99 Å². The van der Waals surface area contributed by atoms with Crippen LogP contribution in [0.2, 0.25) is 0 Å². The number of hydrogen-bond acceptors (Lipinski definition) is 3. The Morgan fingerprint density at radius 1 is 1.14 bits per heavy atom. The van der Waals surface area contributed by atoms with Crippen LogP contribution in [0.15, 0.2) is 53.5 Å². The van der Waals surface area contributed by atoms with Crippen molar-refractivity contribution in [2.45, 2.75) is 26.7 Å². The number of anilines is 1. The van der Waals surface area contributed by atoms with E-state index >= 15 is 0 Å². The molecule has 3 rings (SSSR count). The van der Waals surface area contributed by atoms with Crippen LogP contribution >= 0.6 is 0 Å². The number of amides is 1. The second kappa shape index (κ2) is 8.65. The molecule has 1 aliphatic heterocycles. The first-order chi connectivity index (χ1) is 13.9. The van der Waals surface area contributed by atoms with Gasteiger partial charge in [-0.2, -0.15) is 4.99 Å². The number of benzene rings is 2. The lowest BCUT2D eigenvalue weighted by Gasteiger charge is -2.19. The summed E-state index contributed by atoms with van der Waals surface area (Å²) in [5, 5.41) is 8.83. The van der Waals surface area contributed by atoms with Crippen LogP contribution < -0.4 is 4.90 Å². The van der Waals surface area contributed by atoms with Crippen molar-refractivity contribution < 1.29 is 19.5 Å². The number of hydrogen-bond donors (Lipinski definition) is 1. The van der Waals surface area contributed by atoms with E-state index in [0.717, 1.165) is 29.3 Å². The van der Waals surface area contributed by atoms with Crippen molar-refractivity contribution in [3.63, 3.8) is 0 Å². The van der Waals surface area contributed by atoms with Crippen LogP contribution in [0.5, 0.6) is 0 Å². The summed E-state index contributed by atoms with van der Waals surface area (Å²) < 4.78 is 0. The number of carboxylic acids is 1. The number of nitrogens with zero attached hydrogens (tertiary/aromatic N) is 2. The third-order valence-corrected chi connectivity index (χ3v) is 4.67. The Bertz CT molecular complexity index is 1040. The first kappa shape index (κ1) is 20.2. The molecule has 0 atom stereocenters. The highest BCUT2D eigenvalue weighted by Gasteiger charge is 2.26. The van der Waals surface area contributed by atoms with Gasteiger partial charge in [0, 0.05) is 35.9 Å². The Morgan fingerprint density at radius 3 is 2.59 bits per heavy atom. The van der Waals surface area contributed by atoms with E-state index < -0.39 is 5.97 Å². The topological polar surface area (TPSA) is 87.0 Å². The Hall–Kier alpha value is -3.54. The number of carbonyl (C=O) groups excluding carboxylic acids is 2. The highest BCUT2D eigenvalue weighted by Crippen LogP contribution is 2.31. The lowest BCUT2D eigenvalue weighted by atomic mass is 10.1. The molecule has 6 heteroatoms. The molecule has 1 amide bonds. The number of carboxylic acid groups (broad SMARTS) is 1. The van der Waals surface area contributed by atoms with Crippen LogP contribution in [0.3, 0.4) is 0 Å². The summed E-state index contributed by atoms with van der Waals surface area (Å²) >= 11 is 0. The van der Waals surface area contributed by atoms with Crippen LogP contribution in [0, 0.1) is 0 Å². The van der Waals surface area contributed by atoms with Crippen LogP contribution in [-0.2, 0) is 11.2 Å². The van der Waals surface area contributed by atoms with Gasteiger partial charge >= 0.3 is 5.97 Å². The van der Waals surface area contributed by atoms with Crippen molar-refractivity contribution in [1.82, 2.24) is 0 Å². The molecule has 0 spiro atoms. The zero-order valence-electron chi connectivity index (χ0n) is 16.4. The third-order valence-electron chi connectivity index (χ3n) is 4.67. The second-order valence-corrected chi connectivity index (χ2v) is 6.86. The van der Waals surface area contributed by atoms with Gasteiger partial charge in [0.05, 0.1) is 0 Å². The summed E-state index contributed by atoms with van der Waals surface area (Å²) in [4.78, 5) is 41.4. The molecule has 0 saturated carbocycles. The lowest BCUT2D eigenvalue weighted by molar-refractivity contribution is -0.131. The van der Waals surface area contributed by atoms with E-state index in [1.165, 1.54) is 6.92 Å². The van der Waals surface area contributed by atoms with E-state index in [2.05, 4.69) is 4.99 Å². The van der Waals surface area contributed by atoms with E-state index in [4.69, 9.17) is 5.11 Å². The molecular formula is C23H22N2O4. The van der Waals surface area contributed by atoms with Gasteiger partial charge in [0.15, 0.2) is 5.78 Å². The molecule has 0 aromatic heterocycles. The molecule has 1 N–H and O–H groups in total. The van der Waals surface area contributed by atoms with E-state index in [1.807, 2.05) is 30.0 Å². The molecule has 148 valence electrons. The fourth-order valence-corrected chi connectivity index (χ4v) is 3.28. The van der Waals surface area contributed by atoms with E-state index in [-0.39, 0.29) is 11.7 Å². The van der Waals surface area contributed by atoms with Gasteiger partial charge in [-0.3, -0.25) is 9.59 Å². The largest absolute Gasteiger partial charge is 0.478 e. The molecule has 0 saturated heterocycles. The highest BCUT2D eigenvalue weighted by molar-refractivity contribution is 6.13. The molecule has 1 aliphatic rings. The molecule has 2 aromatic carbocycles. The molecule has 0 unspecified atom stereocenters. The SMILES string of the molecule is CCCN1C(=NC(=O)c2cccc(C(C)=O)c2)Cc2ccc(/C=C/C(=O)O)cc21. The first-order valence-electron chi connectivity index (χ1n) is 9.43. The maximum atomic E-state index is 12.7. The minimum absolute atomic E-state index is 0.102. The minimum atomic E-state index is -1.00. The first-order valence-corrected chi connectivity index (χ1v) is 9.43. The predicted octanol–water partition coefficient (Wildman–Crippen LogP) is 4.00. The van der Waals surface area contributed by atoms with Gasteiger partial charge in [0.1, 0.15) is 5.84 Å². The van der Waals surface area contributed by atoms with Crippen LogP contribution in [0.1, 0.15) is 52.1 Å². The predicted molar refractivity (Wildman–Crippen MR) is 113 cm³/mol. The van der Waals surface area contributed by atoms with Gasteiger partial charge in [-0.05, 0) is 48.7 Å². The number of aliphatic carboxylic acids is 1. The molecule has 0 aliphatic carbocycles. The summed E-state index contributed by atoms with van der Waals surface area (Å²) in [6, 6.07) is 12.3. The maximum Gasteiger partial charge on any atom is 0.328 e. The van der Waals surface area contributed by atoms with Gasteiger partial charge in [0.2, 0.25) is 0 Å². The molecule has 2 aromatic rings. The monoisotopic (exact) mass is 390 g/mol. The van der Waals surface area contributed by atoms with Crippen molar-refractivity contribution in [3.05, 3.63) is 70.8 Å². The van der Waals surface area contributed by atoms with Crippen molar-refractivity contribution in [2.75, 3.05) is 11.4 Å². The van der Waals surface area contributed by atoms with Crippen LogP contribution in [-0.4, -0.2) is 35.1 Å². The zero-order valence-corrected chi connectivity index (χ0v) is 16.4. The van der Waals surface area contributed by atoms with Crippen molar-refractivity contribution in [3.8, 4) is 0 Å². The molecule has 6 nitrogen and oxygen atoms in total. The Labute approximate surface area is 169 Å². The van der Waals surface area contributed by atoms with Crippen LogP contribution in [0.4, 0.5) is 5.69 Å². The molecule has 0 radical (unpaired) electrons. The van der Waals surface area contributed by atoms with Crippen molar-refractivity contribution in [1.29, 1.82) is 0 Å². The number of rotatable bonds is 6. The second-order valence-electron chi connectivity index (χ2n) is 6.86. The number of fused-ring (bicyclic) bond motifs is 1. The quantitative estimate of drug-likeness (QED) is 0.595. The number of amidine groups is 1. The van der Waals surface area contributed by atoms with E-state index in [9.17, 15) is 14.4 Å². The molecule has 0 bridgehead atoms. The molecule has 29 heavy (non-hydrogen) atoms. The number of aliphatic imine (C=N–C) groups is 1. The summed E-state index contributed by atoms with van der Waals surface area (Å²) in [5.41, 5.74) is 3.60. The Kier molecular flexibility index (Phi) is 6.02. The maximum absolute atomic E-state index is 12.7.